The molecule has 2 aromatic carbocycles. The van der Waals surface area contributed by atoms with Crippen LogP contribution in [0.1, 0.15) is 5.56 Å². The Kier molecular flexibility index (Phi) is 5.04. The molecule has 1 aliphatic rings. The van der Waals surface area contributed by atoms with Gasteiger partial charge in [-0.2, -0.15) is 4.68 Å². The van der Waals surface area contributed by atoms with Crippen LogP contribution in [0.4, 0.5) is 0 Å². The number of piperazine rings is 1. The van der Waals surface area contributed by atoms with E-state index in [0.29, 0.717) is 0 Å². The zero-order valence-corrected chi connectivity index (χ0v) is 15.3. The fourth-order valence-electron chi connectivity index (χ4n) is 3.17. The summed E-state index contributed by atoms with van der Waals surface area (Å²) >= 11 is 5.67. The maximum Gasteiger partial charge on any atom is 0.198 e. The summed E-state index contributed by atoms with van der Waals surface area (Å²) in [6, 6.07) is 18.3. The maximum atomic E-state index is 5.67. The lowest BCUT2D eigenvalue weighted by Gasteiger charge is -2.35. The van der Waals surface area contributed by atoms with Gasteiger partial charge in [0.2, 0.25) is 0 Å². The predicted molar refractivity (Wildman–Crippen MR) is 109 cm³/mol. The van der Waals surface area contributed by atoms with Crippen LogP contribution in [-0.2, 0) is 0 Å². The number of benzene rings is 2. The lowest BCUT2D eigenvalue weighted by atomic mass is 10.2. The third kappa shape index (κ3) is 3.66. The topological polar surface area (TPSA) is 37.2 Å². The van der Waals surface area contributed by atoms with E-state index in [9.17, 15) is 0 Å². The van der Waals surface area contributed by atoms with Gasteiger partial charge in [0.05, 0.1) is 5.52 Å². The maximum absolute atomic E-state index is 5.67. The average molecular weight is 363 g/mol. The van der Waals surface area contributed by atoms with Crippen molar-refractivity contribution >= 4 is 34.4 Å². The van der Waals surface area contributed by atoms with Crippen LogP contribution in [0.15, 0.2) is 60.7 Å². The van der Waals surface area contributed by atoms with Crippen molar-refractivity contribution in [1.82, 2.24) is 24.8 Å². The second-order valence-electron chi connectivity index (χ2n) is 6.37. The van der Waals surface area contributed by atoms with Crippen molar-refractivity contribution < 1.29 is 0 Å². The number of nitrogens with zero attached hydrogens (tertiary/aromatic N) is 5. The zero-order chi connectivity index (χ0) is 17.8. The Bertz CT molecular complexity index is 910. The van der Waals surface area contributed by atoms with E-state index in [2.05, 4.69) is 56.5 Å². The van der Waals surface area contributed by atoms with E-state index in [-0.39, 0.29) is 0 Å². The summed E-state index contributed by atoms with van der Waals surface area (Å²) < 4.78 is 1.77. The molecule has 6 heteroatoms. The molecule has 1 aliphatic heterocycles. The quantitative estimate of drug-likeness (QED) is 0.669. The molecule has 1 fully saturated rings. The summed E-state index contributed by atoms with van der Waals surface area (Å²) in [5, 5.41) is 9.16. The van der Waals surface area contributed by atoms with Gasteiger partial charge in [0, 0.05) is 32.7 Å². The van der Waals surface area contributed by atoms with Gasteiger partial charge in [-0.3, -0.25) is 4.90 Å². The smallest absolute Gasteiger partial charge is 0.198 e. The van der Waals surface area contributed by atoms with E-state index < -0.39 is 0 Å². The molecule has 1 aromatic heterocycles. The number of thiocarbonyl (C=S) groups is 1. The molecular weight excluding hydrogens is 342 g/mol. The largest absolute Gasteiger partial charge is 0.345 e. The Balaban J connectivity index is 1.33. The van der Waals surface area contributed by atoms with Crippen molar-refractivity contribution in [2.45, 2.75) is 0 Å². The molecule has 0 atom stereocenters. The summed E-state index contributed by atoms with van der Waals surface area (Å²) in [5.74, 6) is 0. The predicted octanol–water partition coefficient (Wildman–Crippen LogP) is 2.90. The standard InChI is InChI=1S/C20H21N5S/c26-20(25-19-11-5-4-10-18(19)21-22-25)24-15-13-23(14-16-24)12-6-9-17-7-2-1-3-8-17/h1-11H,12-16H2/b9-6+. The van der Waals surface area contributed by atoms with Gasteiger partial charge in [-0.15, -0.1) is 5.10 Å². The Hall–Kier alpha value is -2.57. The van der Waals surface area contributed by atoms with Crippen LogP contribution in [0.2, 0.25) is 0 Å². The average Bonchev–Trinajstić information content (AvgIpc) is 3.13. The number of hydrogen-bond acceptors (Lipinski definition) is 4. The lowest BCUT2D eigenvalue weighted by molar-refractivity contribution is 0.196. The minimum atomic E-state index is 0.734. The molecule has 0 amide bonds. The molecule has 3 aromatic rings. The molecule has 0 unspecified atom stereocenters. The fourth-order valence-corrected chi connectivity index (χ4v) is 3.49. The third-order valence-corrected chi connectivity index (χ3v) is 5.08. The molecule has 0 spiro atoms. The summed E-state index contributed by atoms with van der Waals surface area (Å²) in [5.41, 5.74) is 3.08. The monoisotopic (exact) mass is 363 g/mol. The van der Waals surface area contributed by atoms with Crippen molar-refractivity contribution in [3.63, 3.8) is 0 Å². The minimum absolute atomic E-state index is 0.734. The molecule has 1 saturated heterocycles. The summed E-state index contributed by atoms with van der Waals surface area (Å²) in [6.07, 6.45) is 4.41. The first kappa shape index (κ1) is 16.9. The van der Waals surface area contributed by atoms with Gasteiger partial charge in [-0.1, -0.05) is 59.8 Å². The van der Waals surface area contributed by atoms with Gasteiger partial charge in [0.1, 0.15) is 5.52 Å². The number of hydrogen-bond donors (Lipinski definition) is 0. The highest BCUT2D eigenvalue weighted by Gasteiger charge is 2.20. The van der Waals surface area contributed by atoms with Crippen molar-refractivity contribution in [3.8, 4) is 0 Å². The van der Waals surface area contributed by atoms with Crippen LogP contribution < -0.4 is 0 Å². The zero-order valence-electron chi connectivity index (χ0n) is 14.5. The summed E-state index contributed by atoms with van der Waals surface area (Å²) in [4.78, 5) is 4.66. The van der Waals surface area contributed by atoms with Gasteiger partial charge in [0.15, 0.2) is 5.11 Å². The molecular formula is C20H21N5S. The van der Waals surface area contributed by atoms with Gasteiger partial charge in [0.25, 0.3) is 0 Å². The first-order chi connectivity index (χ1) is 12.8. The second-order valence-corrected chi connectivity index (χ2v) is 6.74. The minimum Gasteiger partial charge on any atom is -0.345 e. The third-order valence-electron chi connectivity index (χ3n) is 4.65. The van der Waals surface area contributed by atoms with Crippen LogP contribution in [0.3, 0.4) is 0 Å². The Morgan fingerprint density at radius 3 is 2.50 bits per heavy atom. The van der Waals surface area contributed by atoms with Crippen LogP contribution in [-0.4, -0.2) is 62.6 Å². The van der Waals surface area contributed by atoms with E-state index in [4.69, 9.17) is 12.2 Å². The van der Waals surface area contributed by atoms with Crippen LogP contribution in [0, 0.1) is 0 Å². The Morgan fingerprint density at radius 2 is 1.69 bits per heavy atom. The molecule has 0 N–H and O–H groups in total. The van der Waals surface area contributed by atoms with Crippen molar-refractivity contribution in [1.29, 1.82) is 0 Å². The van der Waals surface area contributed by atoms with E-state index in [0.717, 1.165) is 48.9 Å². The summed E-state index contributed by atoms with van der Waals surface area (Å²) in [7, 11) is 0. The first-order valence-corrected chi connectivity index (χ1v) is 9.26. The van der Waals surface area contributed by atoms with Crippen LogP contribution in [0.5, 0.6) is 0 Å². The molecule has 2 heterocycles. The SMILES string of the molecule is S=C(N1CCN(C/C=C/c2ccccc2)CC1)n1nnc2ccccc21. The molecule has 0 aliphatic carbocycles. The van der Waals surface area contributed by atoms with Crippen LogP contribution >= 0.6 is 12.2 Å². The highest BCUT2D eigenvalue weighted by molar-refractivity contribution is 7.80. The van der Waals surface area contributed by atoms with E-state index in [1.807, 2.05) is 30.3 Å². The molecule has 0 saturated carbocycles. The first-order valence-electron chi connectivity index (χ1n) is 8.85. The van der Waals surface area contributed by atoms with E-state index in [1.165, 1.54) is 5.56 Å². The molecule has 132 valence electrons. The highest BCUT2D eigenvalue weighted by atomic mass is 32.1. The lowest BCUT2D eigenvalue weighted by Crippen LogP contribution is -2.49. The number of aromatic nitrogens is 3. The molecule has 0 bridgehead atoms. The van der Waals surface area contributed by atoms with Gasteiger partial charge >= 0.3 is 0 Å². The van der Waals surface area contributed by atoms with Crippen LogP contribution in [0.25, 0.3) is 17.1 Å². The van der Waals surface area contributed by atoms with Gasteiger partial charge in [-0.05, 0) is 29.9 Å². The highest BCUT2D eigenvalue weighted by Crippen LogP contribution is 2.12. The van der Waals surface area contributed by atoms with Crippen molar-refractivity contribution in [2.24, 2.45) is 0 Å². The Morgan fingerprint density at radius 1 is 0.962 bits per heavy atom. The van der Waals surface area contributed by atoms with Gasteiger partial charge < -0.3 is 4.90 Å². The van der Waals surface area contributed by atoms with E-state index in [1.54, 1.807) is 4.68 Å². The summed E-state index contributed by atoms with van der Waals surface area (Å²) in [6.45, 7) is 4.76. The molecule has 26 heavy (non-hydrogen) atoms. The number of rotatable bonds is 3. The second kappa shape index (κ2) is 7.76. The normalized spacial score (nSPS) is 15.8. The molecule has 0 radical (unpaired) electrons. The van der Waals surface area contributed by atoms with Crippen molar-refractivity contribution in [3.05, 3.63) is 66.2 Å². The molecule has 4 rings (SSSR count). The Labute approximate surface area is 158 Å². The van der Waals surface area contributed by atoms with Gasteiger partial charge in [-0.25, -0.2) is 0 Å². The number of para-hydroxylation sites is 1. The fraction of sp³-hybridized carbons (Fsp3) is 0.250. The van der Waals surface area contributed by atoms with E-state index >= 15 is 0 Å². The molecule has 5 nitrogen and oxygen atoms in total. The van der Waals surface area contributed by atoms with Crippen molar-refractivity contribution in [2.75, 3.05) is 32.7 Å². The number of fused-ring (bicyclic) bond motifs is 1.